The van der Waals surface area contributed by atoms with Gasteiger partial charge in [0.1, 0.15) is 7.85 Å². The topological polar surface area (TPSA) is 29.1 Å². The Morgan fingerprint density at radius 3 is 2.56 bits per heavy atom. The molecule has 2 nitrogen and oxygen atoms in total. The lowest BCUT2D eigenvalue weighted by Crippen LogP contribution is -2.28. The SMILES string of the molecule is [B]/C=C/C(=O)NC(C)C. The van der Waals surface area contributed by atoms with Crippen molar-refractivity contribution in [2.45, 2.75) is 19.9 Å². The minimum absolute atomic E-state index is 0.146. The van der Waals surface area contributed by atoms with Crippen LogP contribution in [0.15, 0.2) is 12.1 Å². The zero-order valence-corrected chi connectivity index (χ0v) is 5.72. The van der Waals surface area contributed by atoms with Gasteiger partial charge in [0, 0.05) is 6.04 Å². The zero-order chi connectivity index (χ0) is 7.28. The van der Waals surface area contributed by atoms with Gasteiger partial charge in [-0.05, 0) is 19.9 Å². The summed E-state index contributed by atoms with van der Waals surface area (Å²) < 4.78 is 0. The second-order valence-corrected chi connectivity index (χ2v) is 2.02. The summed E-state index contributed by atoms with van der Waals surface area (Å²) in [6.45, 7) is 3.78. The average molecular weight is 123 g/mol. The van der Waals surface area contributed by atoms with Crippen molar-refractivity contribution < 1.29 is 4.79 Å². The summed E-state index contributed by atoms with van der Waals surface area (Å²) in [4.78, 5) is 10.6. The number of amides is 1. The normalized spacial score (nSPS) is 10.6. The van der Waals surface area contributed by atoms with Crippen LogP contribution in [-0.2, 0) is 4.79 Å². The quantitative estimate of drug-likeness (QED) is 0.412. The van der Waals surface area contributed by atoms with E-state index in [0.29, 0.717) is 0 Å². The Hall–Kier alpha value is -0.725. The molecular weight excluding hydrogens is 113 g/mol. The molecule has 0 aliphatic rings. The summed E-state index contributed by atoms with van der Waals surface area (Å²) in [5.74, 6) is 1.07. The van der Waals surface area contributed by atoms with Crippen molar-refractivity contribution in [3.05, 3.63) is 12.1 Å². The van der Waals surface area contributed by atoms with Gasteiger partial charge in [0.15, 0.2) is 0 Å². The Bertz CT molecular complexity index is 120. The molecular formula is C6H10BNO. The molecule has 0 aromatic heterocycles. The molecule has 0 unspecified atom stereocenters. The molecule has 0 rings (SSSR count). The van der Waals surface area contributed by atoms with Gasteiger partial charge in [-0.2, -0.15) is 0 Å². The maximum Gasteiger partial charge on any atom is 0.242 e. The van der Waals surface area contributed by atoms with E-state index in [1.54, 1.807) is 0 Å². The molecule has 0 atom stereocenters. The number of nitrogens with one attached hydrogen (secondary N) is 1. The van der Waals surface area contributed by atoms with Crippen LogP contribution in [0.5, 0.6) is 0 Å². The highest BCUT2D eigenvalue weighted by Gasteiger charge is 1.94. The molecule has 2 radical (unpaired) electrons. The number of hydrogen-bond donors (Lipinski definition) is 1. The van der Waals surface area contributed by atoms with Gasteiger partial charge in [0.05, 0.1) is 0 Å². The fourth-order valence-electron chi connectivity index (χ4n) is 0.420. The van der Waals surface area contributed by atoms with Crippen LogP contribution < -0.4 is 5.32 Å². The minimum Gasteiger partial charge on any atom is -0.350 e. The Labute approximate surface area is 56.7 Å². The second kappa shape index (κ2) is 4.18. The highest BCUT2D eigenvalue weighted by molar-refractivity contribution is 6.18. The Balaban J connectivity index is 3.51. The van der Waals surface area contributed by atoms with Gasteiger partial charge in [-0.15, -0.1) is 5.98 Å². The molecule has 48 valence electrons. The van der Waals surface area contributed by atoms with Gasteiger partial charge in [-0.1, -0.05) is 0 Å². The molecule has 0 bridgehead atoms. The molecule has 0 aliphatic heterocycles. The molecule has 0 aromatic carbocycles. The molecule has 0 aromatic rings. The molecule has 9 heavy (non-hydrogen) atoms. The summed E-state index contributed by atoms with van der Waals surface area (Å²) in [6, 6.07) is 0.175. The fourth-order valence-corrected chi connectivity index (χ4v) is 0.420. The van der Waals surface area contributed by atoms with Crippen molar-refractivity contribution in [3.63, 3.8) is 0 Å². The van der Waals surface area contributed by atoms with E-state index in [0.717, 1.165) is 0 Å². The molecule has 0 heterocycles. The largest absolute Gasteiger partial charge is 0.350 e. The molecule has 1 N–H and O–H groups in total. The van der Waals surface area contributed by atoms with Crippen LogP contribution in [0.2, 0.25) is 0 Å². The zero-order valence-electron chi connectivity index (χ0n) is 5.72. The standard InChI is InChI=1S/C6H10BNO/c1-5(2)8-6(9)3-4-7/h3-5H,1-2H3,(H,8,9)/b4-3+. The average Bonchev–Trinajstić information content (AvgIpc) is 1.63. The molecule has 1 amide bonds. The van der Waals surface area contributed by atoms with Gasteiger partial charge in [0.25, 0.3) is 0 Å². The Morgan fingerprint density at radius 1 is 1.67 bits per heavy atom. The van der Waals surface area contributed by atoms with E-state index in [2.05, 4.69) is 5.32 Å². The molecule has 0 spiro atoms. The van der Waals surface area contributed by atoms with E-state index in [-0.39, 0.29) is 11.9 Å². The van der Waals surface area contributed by atoms with Crippen molar-refractivity contribution in [1.29, 1.82) is 0 Å². The van der Waals surface area contributed by atoms with Gasteiger partial charge >= 0.3 is 0 Å². The lowest BCUT2D eigenvalue weighted by atomic mass is 10.1. The van der Waals surface area contributed by atoms with Gasteiger partial charge in [-0.25, -0.2) is 0 Å². The van der Waals surface area contributed by atoms with Crippen LogP contribution in [-0.4, -0.2) is 19.8 Å². The fraction of sp³-hybridized carbons (Fsp3) is 0.500. The van der Waals surface area contributed by atoms with Gasteiger partial charge in [-0.3, -0.25) is 4.79 Å². The van der Waals surface area contributed by atoms with E-state index in [1.807, 2.05) is 13.8 Å². The summed E-state index contributed by atoms with van der Waals surface area (Å²) in [5.41, 5.74) is 0. The first-order valence-corrected chi connectivity index (χ1v) is 2.85. The van der Waals surface area contributed by atoms with Crippen LogP contribution in [0, 0.1) is 0 Å². The first kappa shape index (κ1) is 8.27. The number of carbonyl (C=O) groups is 1. The molecule has 0 aliphatic carbocycles. The van der Waals surface area contributed by atoms with Gasteiger partial charge < -0.3 is 5.32 Å². The maximum atomic E-state index is 10.6. The van der Waals surface area contributed by atoms with Crippen LogP contribution >= 0.6 is 0 Å². The van der Waals surface area contributed by atoms with E-state index in [1.165, 1.54) is 12.1 Å². The van der Waals surface area contributed by atoms with Crippen LogP contribution in [0.4, 0.5) is 0 Å². The monoisotopic (exact) mass is 123 g/mol. The predicted octanol–water partition coefficient (Wildman–Crippen LogP) is 0.193. The van der Waals surface area contributed by atoms with E-state index in [4.69, 9.17) is 7.85 Å². The van der Waals surface area contributed by atoms with Gasteiger partial charge in [0.2, 0.25) is 5.91 Å². The van der Waals surface area contributed by atoms with E-state index in [9.17, 15) is 4.79 Å². The minimum atomic E-state index is -0.146. The first-order chi connectivity index (χ1) is 4.16. The highest BCUT2D eigenvalue weighted by Crippen LogP contribution is 1.76. The van der Waals surface area contributed by atoms with Crippen LogP contribution in [0.1, 0.15) is 13.8 Å². The number of rotatable bonds is 2. The predicted molar refractivity (Wildman–Crippen MR) is 38.2 cm³/mol. The number of carbonyl (C=O) groups excluding carboxylic acids is 1. The van der Waals surface area contributed by atoms with Crippen molar-refractivity contribution in [2.24, 2.45) is 0 Å². The summed E-state index contributed by atoms with van der Waals surface area (Å²) in [5, 5.41) is 2.64. The lowest BCUT2D eigenvalue weighted by molar-refractivity contribution is -0.116. The lowest BCUT2D eigenvalue weighted by Gasteiger charge is -2.03. The molecule has 0 saturated heterocycles. The van der Waals surface area contributed by atoms with E-state index >= 15 is 0 Å². The molecule has 0 fully saturated rings. The van der Waals surface area contributed by atoms with Crippen molar-refractivity contribution in [3.8, 4) is 0 Å². The summed E-state index contributed by atoms with van der Waals surface area (Å²) in [6.07, 6.45) is 1.29. The van der Waals surface area contributed by atoms with Crippen molar-refractivity contribution >= 4 is 13.8 Å². The third-order valence-electron chi connectivity index (χ3n) is 0.679. The third-order valence-corrected chi connectivity index (χ3v) is 0.679. The van der Waals surface area contributed by atoms with Crippen molar-refractivity contribution in [2.75, 3.05) is 0 Å². The smallest absolute Gasteiger partial charge is 0.242 e. The summed E-state index contributed by atoms with van der Waals surface area (Å²) >= 11 is 0. The van der Waals surface area contributed by atoms with E-state index < -0.39 is 0 Å². The third kappa shape index (κ3) is 5.14. The Morgan fingerprint density at radius 2 is 2.22 bits per heavy atom. The number of hydrogen-bond acceptors (Lipinski definition) is 1. The molecule has 3 heteroatoms. The highest BCUT2D eigenvalue weighted by atomic mass is 16.1. The Kier molecular flexibility index (Phi) is 3.85. The second-order valence-electron chi connectivity index (χ2n) is 2.02. The first-order valence-electron chi connectivity index (χ1n) is 2.85. The maximum absolute atomic E-state index is 10.6. The molecule has 0 saturated carbocycles. The van der Waals surface area contributed by atoms with Crippen LogP contribution in [0.25, 0.3) is 0 Å². The van der Waals surface area contributed by atoms with Crippen LogP contribution in [0.3, 0.4) is 0 Å². The van der Waals surface area contributed by atoms with Crippen molar-refractivity contribution in [1.82, 2.24) is 5.32 Å². The summed E-state index contributed by atoms with van der Waals surface area (Å²) in [7, 11) is 4.96.